The second-order valence-corrected chi connectivity index (χ2v) is 5.71. The Morgan fingerprint density at radius 3 is 2.73 bits per heavy atom. The Kier molecular flexibility index (Phi) is 6.57. The highest BCUT2D eigenvalue weighted by Crippen LogP contribution is 2.23. The van der Waals surface area contributed by atoms with Crippen molar-refractivity contribution in [3.05, 3.63) is 35.0 Å². The standard InChI is InChI=1S/C15H21N3O3S/c1-2-4-16-14(19)15(20)17-10-13(12-3-9-22-11-12)18-5-7-21-8-6-18/h2-3,9,11,13H,1,4-8,10H2,(H,16,19)(H,17,20)/t13-/m1/s1. The van der Waals surface area contributed by atoms with E-state index in [1.165, 1.54) is 6.08 Å². The largest absolute Gasteiger partial charge is 0.379 e. The average Bonchev–Trinajstić information content (AvgIpc) is 3.08. The van der Waals surface area contributed by atoms with E-state index >= 15 is 0 Å². The fourth-order valence-corrected chi connectivity index (χ4v) is 3.03. The molecule has 1 aromatic heterocycles. The number of carbonyl (C=O) groups is 2. The van der Waals surface area contributed by atoms with E-state index in [9.17, 15) is 9.59 Å². The van der Waals surface area contributed by atoms with Gasteiger partial charge in [-0.25, -0.2) is 0 Å². The topological polar surface area (TPSA) is 70.7 Å². The van der Waals surface area contributed by atoms with Gasteiger partial charge in [0, 0.05) is 26.2 Å². The molecule has 120 valence electrons. The molecule has 1 saturated heterocycles. The molecule has 22 heavy (non-hydrogen) atoms. The highest BCUT2D eigenvalue weighted by molar-refractivity contribution is 7.07. The quantitative estimate of drug-likeness (QED) is 0.592. The summed E-state index contributed by atoms with van der Waals surface area (Å²) in [4.78, 5) is 25.7. The summed E-state index contributed by atoms with van der Waals surface area (Å²) >= 11 is 1.62. The zero-order chi connectivity index (χ0) is 15.8. The van der Waals surface area contributed by atoms with E-state index < -0.39 is 11.8 Å². The van der Waals surface area contributed by atoms with Gasteiger partial charge >= 0.3 is 11.8 Å². The molecule has 6 nitrogen and oxygen atoms in total. The van der Waals surface area contributed by atoms with Gasteiger partial charge in [-0.05, 0) is 22.4 Å². The molecule has 2 heterocycles. The average molecular weight is 323 g/mol. The molecule has 0 spiro atoms. The number of rotatable bonds is 6. The van der Waals surface area contributed by atoms with E-state index in [0.29, 0.717) is 19.8 Å². The maximum absolute atomic E-state index is 11.8. The molecule has 1 fully saturated rings. The molecule has 1 aromatic rings. The van der Waals surface area contributed by atoms with Crippen LogP contribution in [0.4, 0.5) is 0 Å². The van der Waals surface area contributed by atoms with Gasteiger partial charge in [-0.15, -0.1) is 6.58 Å². The minimum atomic E-state index is -0.633. The minimum Gasteiger partial charge on any atom is -0.379 e. The number of thiophene rings is 1. The number of morpholine rings is 1. The molecule has 2 N–H and O–H groups in total. The first kappa shape index (κ1) is 16.7. The zero-order valence-electron chi connectivity index (χ0n) is 12.4. The predicted molar refractivity (Wildman–Crippen MR) is 85.7 cm³/mol. The van der Waals surface area contributed by atoms with Crippen LogP contribution in [0.3, 0.4) is 0 Å². The molecule has 1 aliphatic heterocycles. The van der Waals surface area contributed by atoms with Gasteiger partial charge in [0.15, 0.2) is 0 Å². The van der Waals surface area contributed by atoms with Crippen LogP contribution in [-0.2, 0) is 14.3 Å². The zero-order valence-corrected chi connectivity index (χ0v) is 13.2. The van der Waals surface area contributed by atoms with Crippen molar-refractivity contribution < 1.29 is 14.3 Å². The number of hydrogen-bond acceptors (Lipinski definition) is 5. The summed E-state index contributed by atoms with van der Waals surface area (Å²) in [7, 11) is 0. The molecule has 1 atom stereocenters. The first-order valence-corrected chi connectivity index (χ1v) is 8.17. The molecule has 1 aliphatic rings. The Morgan fingerprint density at radius 1 is 1.36 bits per heavy atom. The Labute approximate surface area is 134 Å². The van der Waals surface area contributed by atoms with E-state index in [-0.39, 0.29) is 12.6 Å². The first-order chi connectivity index (χ1) is 10.7. The third-order valence-electron chi connectivity index (χ3n) is 3.48. The van der Waals surface area contributed by atoms with Crippen molar-refractivity contribution in [3.8, 4) is 0 Å². The monoisotopic (exact) mass is 323 g/mol. The Morgan fingerprint density at radius 2 is 2.09 bits per heavy atom. The van der Waals surface area contributed by atoms with Crippen LogP contribution in [0.5, 0.6) is 0 Å². The molecule has 0 radical (unpaired) electrons. The van der Waals surface area contributed by atoms with Gasteiger partial charge in [0.25, 0.3) is 0 Å². The van der Waals surface area contributed by atoms with E-state index in [1.54, 1.807) is 11.3 Å². The van der Waals surface area contributed by atoms with Crippen LogP contribution in [0.15, 0.2) is 29.5 Å². The maximum atomic E-state index is 11.8. The summed E-state index contributed by atoms with van der Waals surface area (Å²) in [5.74, 6) is -1.25. The third kappa shape index (κ3) is 4.66. The number of amides is 2. The minimum absolute atomic E-state index is 0.0614. The maximum Gasteiger partial charge on any atom is 0.309 e. The van der Waals surface area contributed by atoms with Crippen LogP contribution in [0, 0.1) is 0 Å². The molecule has 0 bridgehead atoms. The Hall–Kier alpha value is -1.70. The summed E-state index contributed by atoms with van der Waals surface area (Å²) in [5, 5.41) is 9.27. The molecule has 0 aromatic carbocycles. The fraction of sp³-hybridized carbons (Fsp3) is 0.467. The number of ether oxygens (including phenoxy) is 1. The molecule has 0 aliphatic carbocycles. The van der Waals surface area contributed by atoms with E-state index in [1.807, 2.05) is 5.38 Å². The molecular formula is C15H21N3O3S. The van der Waals surface area contributed by atoms with Crippen molar-refractivity contribution in [1.82, 2.24) is 15.5 Å². The van der Waals surface area contributed by atoms with E-state index in [2.05, 4.69) is 33.6 Å². The summed E-state index contributed by atoms with van der Waals surface area (Å²) in [6.07, 6.45) is 1.53. The van der Waals surface area contributed by atoms with Crippen LogP contribution < -0.4 is 10.6 Å². The van der Waals surface area contributed by atoms with Gasteiger partial charge in [-0.2, -0.15) is 11.3 Å². The molecule has 2 rings (SSSR count). The van der Waals surface area contributed by atoms with Crippen LogP contribution in [0.25, 0.3) is 0 Å². The SMILES string of the molecule is C=CCNC(=O)C(=O)NC[C@H](c1ccsc1)N1CCOCC1. The Balaban J connectivity index is 1.93. The Bertz CT molecular complexity index is 498. The summed E-state index contributed by atoms with van der Waals surface area (Å²) < 4.78 is 5.38. The number of hydrogen-bond donors (Lipinski definition) is 2. The first-order valence-electron chi connectivity index (χ1n) is 7.23. The highest BCUT2D eigenvalue weighted by Gasteiger charge is 2.24. The molecule has 0 saturated carbocycles. The second kappa shape index (κ2) is 8.67. The lowest BCUT2D eigenvalue weighted by molar-refractivity contribution is -0.139. The molecule has 0 unspecified atom stereocenters. The lowest BCUT2D eigenvalue weighted by Gasteiger charge is -2.34. The van der Waals surface area contributed by atoms with Gasteiger partial charge in [-0.3, -0.25) is 14.5 Å². The number of nitrogens with zero attached hydrogens (tertiary/aromatic N) is 1. The summed E-state index contributed by atoms with van der Waals surface area (Å²) in [6.45, 7) is 7.19. The van der Waals surface area contributed by atoms with Gasteiger partial charge < -0.3 is 15.4 Å². The van der Waals surface area contributed by atoms with Crippen LogP contribution in [0.1, 0.15) is 11.6 Å². The number of nitrogens with one attached hydrogen (secondary N) is 2. The van der Waals surface area contributed by atoms with Crippen molar-refractivity contribution in [1.29, 1.82) is 0 Å². The van der Waals surface area contributed by atoms with Gasteiger partial charge in [0.05, 0.1) is 19.3 Å². The van der Waals surface area contributed by atoms with E-state index in [0.717, 1.165) is 18.7 Å². The summed E-state index contributed by atoms with van der Waals surface area (Å²) in [5.41, 5.74) is 1.15. The lowest BCUT2D eigenvalue weighted by Crippen LogP contribution is -2.46. The summed E-state index contributed by atoms with van der Waals surface area (Å²) in [6, 6.07) is 2.11. The van der Waals surface area contributed by atoms with Crippen molar-refractivity contribution >= 4 is 23.2 Å². The van der Waals surface area contributed by atoms with Gasteiger partial charge in [0.2, 0.25) is 0 Å². The van der Waals surface area contributed by atoms with Gasteiger partial charge in [-0.1, -0.05) is 6.08 Å². The van der Waals surface area contributed by atoms with Crippen molar-refractivity contribution in [2.45, 2.75) is 6.04 Å². The van der Waals surface area contributed by atoms with Crippen LogP contribution in [0.2, 0.25) is 0 Å². The third-order valence-corrected chi connectivity index (χ3v) is 4.19. The van der Waals surface area contributed by atoms with E-state index in [4.69, 9.17) is 4.74 Å². The molecule has 7 heteroatoms. The van der Waals surface area contributed by atoms with Crippen molar-refractivity contribution in [2.24, 2.45) is 0 Å². The smallest absolute Gasteiger partial charge is 0.309 e. The normalized spacial score (nSPS) is 16.7. The highest BCUT2D eigenvalue weighted by atomic mass is 32.1. The van der Waals surface area contributed by atoms with Gasteiger partial charge in [0.1, 0.15) is 0 Å². The fourth-order valence-electron chi connectivity index (χ4n) is 2.33. The molecular weight excluding hydrogens is 302 g/mol. The lowest BCUT2D eigenvalue weighted by atomic mass is 10.1. The number of carbonyl (C=O) groups excluding carboxylic acids is 2. The van der Waals surface area contributed by atoms with Crippen LogP contribution >= 0.6 is 11.3 Å². The van der Waals surface area contributed by atoms with Crippen molar-refractivity contribution in [3.63, 3.8) is 0 Å². The van der Waals surface area contributed by atoms with Crippen LogP contribution in [-0.4, -0.2) is 56.1 Å². The predicted octanol–water partition coefficient (Wildman–Crippen LogP) is 0.540. The molecule has 2 amide bonds. The van der Waals surface area contributed by atoms with Crippen molar-refractivity contribution in [2.75, 3.05) is 39.4 Å². The second-order valence-electron chi connectivity index (χ2n) is 4.93.